The number of aromatic nitrogens is 2. The second-order valence-electron chi connectivity index (χ2n) is 7.21. The number of fused-ring (bicyclic) bond motifs is 1. The standard InChI is InChI=1S/C23H24N4O2/c1-2-22(28)27-11-10-19-12-20(8-9-21(19)27)23(29)24-13-18-14-25-26(16-18)15-17-6-4-3-5-7-17/h3-9,12,14,16H,2,10-11,13,15H2,1H3,(H,24,29). The van der Waals surface area contributed by atoms with Crippen molar-refractivity contribution in [2.75, 3.05) is 11.4 Å². The van der Waals surface area contributed by atoms with E-state index in [4.69, 9.17) is 0 Å². The van der Waals surface area contributed by atoms with E-state index in [-0.39, 0.29) is 11.8 Å². The Balaban J connectivity index is 1.36. The topological polar surface area (TPSA) is 67.2 Å². The molecule has 29 heavy (non-hydrogen) atoms. The molecule has 0 saturated carbocycles. The van der Waals surface area contributed by atoms with Gasteiger partial charge in [-0.1, -0.05) is 37.3 Å². The van der Waals surface area contributed by atoms with Crippen molar-refractivity contribution in [3.63, 3.8) is 0 Å². The SMILES string of the molecule is CCC(=O)N1CCc2cc(C(=O)NCc3cnn(Cc4ccccc4)c3)ccc21. The molecule has 6 heteroatoms. The number of nitrogens with zero attached hydrogens (tertiary/aromatic N) is 3. The molecule has 0 saturated heterocycles. The van der Waals surface area contributed by atoms with Gasteiger partial charge in [-0.2, -0.15) is 5.10 Å². The van der Waals surface area contributed by atoms with Crippen LogP contribution in [0.3, 0.4) is 0 Å². The van der Waals surface area contributed by atoms with E-state index >= 15 is 0 Å². The summed E-state index contributed by atoms with van der Waals surface area (Å²) in [7, 11) is 0. The van der Waals surface area contributed by atoms with Crippen LogP contribution in [0.25, 0.3) is 0 Å². The number of carbonyl (C=O) groups is 2. The third kappa shape index (κ3) is 4.21. The zero-order chi connectivity index (χ0) is 20.2. The highest BCUT2D eigenvalue weighted by Crippen LogP contribution is 2.29. The van der Waals surface area contributed by atoms with E-state index in [0.29, 0.717) is 31.6 Å². The van der Waals surface area contributed by atoms with Crippen molar-refractivity contribution in [1.29, 1.82) is 0 Å². The number of rotatable bonds is 6. The Morgan fingerprint density at radius 2 is 1.93 bits per heavy atom. The van der Waals surface area contributed by atoms with E-state index < -0.39 is 0 Å². The van der Waals surface area contributed by atoms with Gasteiger partial charge in [-0.05, 0) is 35.7 Å². The number of hydrogen-bond acceptors (Lipinski definition) is 3. The van der Waals surface area contributed by atoms with E-state index in [2.05, 4.69) is 22.5 Å². The minimum Gasteiger partial charge on any atom is -0.348 e. The predicted octanol–water partition coefficient (Wildman–Crippen LogP) is 3.16. The summed E-state index contributed by atoms with van der Waals surface area (Å²) in [5.74, 6) is -0.00246. The highest BCUT2D eigenvalue weighted by atomic mass is 16.2. The zero-order valence-electron chi connectivity index (χ0n) is 16.5. The van der Waals surface area contributed by atoms with Crippen molar-refractivity contribution in [1.82, 2.24) is 15.1 Å². The molecule has 2 amide bonds. The minimum absolute atomic E-state index is 0.119. The van der Waals surface area contributed by atoms with Gasteiger partial charge in [0, 0.05) is 42.5 Å². The lowest BCUT2D eigenvalue weighted by Gasteiger charge is -2.16. The summed E-state index contributed by atoms with van der Waals surface area (Å²) in [6.07, 6.45) is 5.00. The van der Waals surface area contributed by atoms with Gasteiger partial charge in [0.05, 0.1) is 12.7 Å². The molecule has 2 heterocycles. The third-order valence-electron chi connectivity index (χ3n) is 5.17. The number of carbonyl (C=O) groups excluding carboxylic acids is 2. The molecule has 1 N–H and O–H groups in total. The van der Waals surface area contributed by atoms with Crippen LogP contribution >= 0.6 is 0 Å². The van der Waals surface area contributed by atoms with Crippen LogP contribution in [0.1, 0.15) is 40.4 Å². The van der Waals surface area contributed by atoms with Crippen LogP contribution in [0.15, 0.2) is 60.9 Å². The molecular weight excluding hydrogens is 364 g/mol. The van der Waals surface area contributed by atoms with Gasteiger partial charge in [0.25, 0.3) is 5.91 Å². The van der Waals surface area contributed by atoms with Gasteiger partial charge in [0.1, 0.15) is 0 Å². The summed E-state index contributed by atoms with van der Waals surface area (Å²) in [6, 6.07) is 15.7. The average Bonchev–Trinajstić information content (AvgIpc) is 3.38. The van der Waals surface area contributed by atoms with Crippen molar-refractivity contribution in [2.45, 2.75) is 32.9 Å². The van der Waals surface area contributed by atoms with E-state index in [1.54, 1.807) is 17.2 Å². The maximum absolute atomic E-state index is 12.6. The van der Waals surface area contributed by atoms with Crippen LogP contribution in [0.2, 0.25) is 0 Å². The Morgan fingerprint density at radius 3 is 2.72 bits per heavy atom. The summed E-state index contributed by atoms with van der Waals surface area (Å²) in [5, 5.41) is 7.33. The Labute approximate surface area is 170 Å². The quantitative estimate of drug-likeness (QED) is 0.705. The summed E-state index contributed by atoms with van der Waals surface area (Å²) in [5.41, 5.74) is 4.73. The van der Waals surface area contributed by atoms with Gasteiger partial charge >= 0.3 is 0 Å². The van der Waals surface area contributed by atoms with Crippen molar-refractivity contribution < 1.29 is 9.59 Å². The van der Waals surface area contributed by atoms with Gasteiger partial charge in [0.2, 0.25) is 5.91 Å². The van der Waals surface area contributed by atoms with Crippen LogP contribution < -0.4 is 10.2 Å². The first-order valence-corrected chi connectivity index (χ1v) is 9.91. The van der Waals surface area contributed by atoms with Crippen molar-refractivity contribution in [2.24, 2.45) is 0 Å². The maximum Gasteiger partial charge on any atom is 0.251 e. The summed E-state index contributed by atoms with van der Waals surface area (Å²) >= 11 is 0. The lowest BCUT2D eigenvalue weighted by molar-refractivity contribution is -0.118. The Hall–Kier alpha value is -3.41. The van der Waals surface area contributed by atoms with E-state index in [1.165, 1.54) is 5.56 Å². The second-order valence-corrected chi connectivity index (χ2v) is 7.21. The van der Waals surface area contributed by atoms with Gasteiger partial charge in [0.15, 0.2) is 0 Å². The molecule has 148 valence electrons. The Bertz CT molecular complexity index is 1030. The molecule has 0 spiro atoms. The monoisotopic (exact) mass is 388 g/mol. The van der Waals surface area contributed by atoms with Gasteiger partial charge in [-0.15, -0.1) is 0 Å². The van der Waals surface area contributed by atoms with E-state index in [9.17, 15) is 9.59 Å². The molecular formula is C23H24N4O2. The lowest BCUT2D eigenvalue weighted by atomic mass is 10.1. The highest BCUT2D eigenvalue weighted by molar-refractivity contribution is 5.98. The van der Waals surface area contributed by atoms with Crippen LogP contribution in [0, 0.1) is 0 Å². The number of benzene rings is 2. The van der Waals surface area contributed by atoms with Crippen molar-refractivity contribution >= 4 is 17.5 Å². The Kier molecular flexibility index (Phi) is 5.42. The fourth-order valence-electron chi connectivity index (χ4n) is 3.63. The first kappa shape index (κ1) is 18.9. The zero-order valence-corrected chi connectivity index (χ0v) is 16.5. The summed E-state index contributed by atoms with van der Waals surface area (Å²) in [4.78, 5) is 26.4. The molecule has 0 fully saturated rings. The number of hydrogen-bond donors (Lipinski definition) is 1. The molecule has 0 radical (unpaired) electrons. The van der Waals surface area contributed by atoms with Crippen LogP contribution in [0.4, 0.5) is 5.69 Å². The third-order valence-corrected chi connectivity index (χ3v) is 5.17. The molecule has 0 aliphatic carbocycles. The molecule has 1 aromatic heterocycles. The summed E-state index contributed by atoms with van der Waals surface area (Å²) in [6.45, 7) is 3.68. The highest BCUT2D eigenvalue weighted by Gasteiger charge is 2.24. The fourth-order valence-corrected chi connectivity index (χ4v) is 3.63. The Morgan fingerprint density at radius 1 is 1.10 bits per heavy atom. The van der Waals surface area contributed by atoms with Crippen molar-refractivity contribution in [3.05, 3.63) is 83.2 Å². The van der Waals surface area contributed by atoms with Crippen molar-refractivity contribution in [3.8, 4) is 0 Å². The molecule has 0 atom stereocenters. The molecule has 0 unspecified atom stereocenters. The van der Waals surface area contributed by atoms with Gasteiger partial charge in [-0.3, -0.25) is 14.3 Å². The molecule has 4 rings (SSSR count). The van der Waals surface area contributed by atoms with Crippen LogP contribution in [-0.2, 0) is 24.3 Å². The number of anilines is 1. The molecule has 1 aliphatic rings. The van der Waals surface area contributed by atoms with Crippen LogP contribution in [0.5, 0.6) is 0 Å². The number of nitrogens with one attached hydrogen (secondary N) is 1. The number of amides is 2. The second kappa shape index (κ2) is 8.31. The lowest BCUT2D eigenvalue weighted by Crippen LogP contribution is -2.27. The van der Waals surface area contributed by atoms with E-state index in [0.717, 1.165) is 23.2 Å². The first-order valence-electron chi connectivity index (χ1n) is 9.91. The fraction of sp³-hybridized carbons (Fsp3) is 0.261. The molecule has 1 aliphatic heterocycles. The normalized spacial score (nSPS) is 12.7. The average molecular weight is 388 g/mol. The molecule has 0 bridgehead atoms. The smallest absolute Gasteiger partial charge is 0.251 e. The van der Waals surface area contributed by atoms with E-state index in [1.807, 2.05) is 48.1 Å². The minimum atomic E-state index is -0.121. The van der Waals surface area contributed by atoms with Crippen LogP contribution in [-0.4, -0.2) is 28.1 Å². The van der Waals surface area contributed by atoms with Gasteiger partial charge in [-0.25, -0.2) is 0 Å². The summed E-state index contributed by atoms with van der Waals surface area (Å²) < 4.78 is 1.87. The first-order chi connectivity index (χ1) is 14.1. The molecule has 6 nitrogen and oxygen atoms in total. The predicted molar refractivity (Wildman–Crippen MR) is 112 cm³/mol. The molecule has 2 aromatic carbocycles. The molecule has 3 aromatic rings. The largest absolute Gasteiger partial charge is 0.348 e. The maximum atomic E-state index is 12.6. The van der Waals surface area contributed by atoms with Gasteiger partial charge < -0.3 is 10.2 Å².